The molecular weight excluding hydrogens is 250 g/mol. The average molecular weight is 277 g/mol. The molecule has 1 saturated carbocycles. The fourth-order valence-electron chi connectivity index (χ4n) is 2.45. The lowest BCUT2D eigenvalue weighted by Gasteiger charge is -2.39. The molecule has 0 amide bonds. The van der Waals surface area contributed by atoms with Crippen LogP contribution in [0.15, 0.2) is 18.3 Å². The molecule has 0 spiro atoms. The van der Waals surface area contributed by atoms with Gasteiger partial charge in [-0.15, -0.1) is 0 Å². The predicted molar refractivity (Wildman–Crippen MR) is 82.9 cm³/mol. The van der Waals surface area contributed by atoms with Gasteiger partial charge in [-0.25, -0.2) is 4.98 Å². The van der Waals surface area contributed by atoms with Gasteiger partial charge in [-0.2, -0.15) is 0 Å². The number of pyridine rings is 1. The van der Waals surface area contributed by atoms with Gasteiger partial charge < -0.3 is 15.3 Å². The van der Waals surface area contributed by atoms with Crippen LogP contribution in [0.5, 0.6) is 0 Å². The van der Waals surface area contributed by atoms with E-state index in [1.807, 2.05) is 12.3 Å². The summed E-state index contributed by atoms with van der Waals surface area (Å²) in [5, 5.41) is 12.9. The highest BCUT2D eigenvalue weighted by Gasteiger charge is 2.27. The lowest BCUT2D eigenvalue weighted by atomic mass is 9.91. The number of aromatic nitrogens is 1. The summed E-state index contributed by atoms with van der Waals surface area (Å²) in [5.74, 6) is 1.03. The number of nitrogens with one attached hydrogen (secondary N) is 1. The minimum absolute atomic E-state index is 0.0887. The van der Waals surface area contributed by atoms with Crippen molar-refractivity contribution in [1.82, 2.24) is 10.3 Å². The fourth-order valence-corrected chi connectivity index (χ4v) is 2.45. The topological polar surface area (TPSA) is 48.4 Å². The maximum atomic E-state index is 9.33. The molecule has 1 aliphatic carbocycles. The maximum Gasteiger partial charge on any atom is 0.133 e. The summed E-state index contributed by atoms with van der Waals surface area (Å²) in [5.41, 5.74) is 1.30. The van der Waals surface area contributed by atoms with Crippen molar-refractivity contribution in [2.75, 3.05) is 18.1 Å². The quantitative estimate of drug-likeness (QED) is 0.838. The van der Waals surface area contributed by atoms with Gasteiger partial charge in [0.2, 0.25) is 0 Å². The van der Waals surface area contributed by atoms with Crippen LogP contribution in [0.4, 0.5) is 5.82 Å². The number of anilines is 1. The average Bonchev–Trinajstić information content (AvgIpc) is 2.33. The normalized spacial score (nSPS) is 16.0. The molecule has 1 fully saturated rings. The third-order valence-corrected chi connectivity index (χ3v) is 3.81. The Kier molecular flexibility index (Phi) is 5.00. The van der Waals surface area contributed by atoms with E-state index in [4.69, 9.17) is 0 Å². The lowest BCUT2D eigenvalue weighted by Crippen LogP contribution is -2.43. The highest BCUT2D eigenvalue weighted by atomic mass is 16.3. The molecule has 1 heterocycles. The van der Waals surface area contributed by atoms with Crippen LogP contribution in [-0.4, -0.2) is 34.8 Å². The Bertz CT molecular complexity index is 424. The van der Waals surface area contributed by atoms with Gasteiger partial charge >= 0.3 is 0 Å². The Labute approximate surface area is 122 Å². The minimum Gasteiger partial charge on any atom is -0.395 e. The summed E-state index contributed by atoms with van der Waals surface area (Å²) in [4.78, 5) is 6.86. The highest BCUT2D eigenvalue weighted by Crippen LogP contribution is 2.30. The van der Waals surface area contributed by atoms with Gasteiger partial charge in [-0.05, 0) is 46.1 Å². The van der Waals surface area contributed by atoms with Crippen LogP contribution in [0.3, 0.4) is 0 Å². The summed E-state index contributed by atoms with van der Waals surface area (Å²) in [6.45, 7) is 8.16. The van der Waals surface area contributed by atoms with Crippen molar-refractivity contribution < 1.29 is 5.11 Å². The van der Waals surface area contributed by atoms with Gasteiger partial charge in [0.05, 0.1) is 6.61 Å². The van der Waals surface area contributed by atoms with E-state index in [9.17, 15) is 5.11 Å². The van der Waals surface area contributed by atoms with Crippen molar-refractivity contribution in [3.63, 3.8) is 0 Å². The van der Waals surface area contributed by atoms with E-state index in [0.717, 1.165) is 12.4 Å². The van der Waals surface area contributed by atoms with Crippen LogP contribution in [0, 0.1) is 0 Å². The SMILES string of the molecule is CC(C)(C)NCc1cccnc1N(CCO)C1CCC1. The second-order valence-corrected chi connectivity index (χ2v) is 6.59. The molecule has 4 nitrogen and oxygen atoms in total. The molecule has 0 saturated heterocycles. The molecule has 0 aliphatic heterocycles. The molecule has 0 aromatic carbocycles. The van der Waals surface area contributed by atoms with Crippen molar-refractivity contribution in [3.05, 3.63) is 23.9 Å². The first-order valence-corrected chi connectivity index (χ1v) is 7.58. The van der Waals surface area contributed by atoms with E-state index in [0.29, 0.717) is 12.6 Å². The second-order valence-electron chi connectivity index (χ2n) is 6.59. The van der Waals surface area contributed by atoms with Crippen molar-refractivity contribution >= 4 is 5.82 Å². The van der Waals surface area contributed by atoms with Gasteiger partial charge in [0.25, 0.3) is 0 Å². The van der Waals surface area contributed by atoms with E-state index in [2.05, 4.69) is 42.0 Å². The monoisotopic (exact) mass is 277 g/mol. The Morgan fingerprint density at radius 2 is 2.15 bits per heavy atom. The van der Waals surface area contributed by atoms with Crippen molar-refractivity contribution in [1.29, 1.82) is 0 Å². The highest BCUT2D eigenvalue weighted by molar-refractivity contribution is 5.48. The zero-order valence-electron chi connectivity index (χ0n) is 12.9. The first-order valence-electron chi connectivity index (χ1n) is 7.58. The van der Waals surface area contributed by atoms with Crippen molar-refractivity contribution in [3.8, 4) is 0 Å². The summed E-state index contributed by atoms with van der Waals surface area (Å²) < 4.78 is 0. The number of aliphatic hydroxyl groups is 1. The molecule has 1 aromatic heterocycles. The molecule has 0 bridgehead atoms. The first kappa shape index (κ1) is 15.3. The zero-order chi connectivity index (χ0) is 14.6. The summed E-state index contributed by atoms with van der Waals surface area (Å²) in [6.07, 6.45) is 5.55. The number of rotatable bonds is 6. The first-order chi connectivity index (χ1) is 9.51. The number of hydrogen-bond donors (Lipinski definition) is 2. The van der Waals surface area contributed by atoms with E-state index < -0.39 is 0 Å². The van der Waals surface area contributed by atoms with Gasteiger partial charge in [0.15, 0.2) is 0 Å². The second kappa shape index (κ2) is 6.55. The largest absolute Gasteiger partial charge is 0.395 e. The summed E-state index contributed by atoms with van der Waals surface area (Å²) in [7, 11) is 0. The van der Waals surface area contributed by atoms with Gasteiger partial charge in [0.1, 0.15) is 5.82 Å². The standard InChI is InChI=1S/C16H27N3O/c1-16(2,3)18-12-13-6-5-9-17-15(13)19(10-11-20)14-7-4-8-14/h5-6,9,14,18,20H,4,7-8,10-12H2,1-3H3. The molecule has 2 rings (SSSR count). The Balaban J connectivity index is 2.16. The van der Waals surface area contributed by atoms with E-state index >= 15 is 0 Å². The Morgan fingerprint density at radius 1 is 1.40 bits per heavy atom. The number of nitrogens with zero attached hydrogens (tertiary/aromatic N) is 2. The molecular formula is C16H27N3O. The molecule has 0 radical (unpaired) electrons. The van der Waals surface area contributed by atoms with Crippen LogP contribution in [0.1, 0.15) is 45.6 Å². The minimum atomic E-state index is 0.0887. The van der Waals surface area contributed by atoms with E-state index in [-0.39, 0.29) is 12.1 Å². The van der Waals surface area contributed by atoms with Crippen LogP contribution in [0.25, 0.3) is 0 Å². The van der Waals surface area contributed by atoms with Crippen molar-refractivity contribution in [2.45, 2.75) is 58.2 Å². The maximum absolute atomic E-state index is 9.33. The Morgan fingerprint density at radius 3 is 2.70 bits per heavy atom. The van der Waals surface area contributed by atoms with Crippen LogP contribution in [-0.2, 0) is 6.54 Å². The molecule has 1 aromatic rings. The smallest absolute Gasteiger partial charge is 0.133 e. The van der Waals surface area contributed by atoms with Gasteiger partial charge in [-0.1, -0.05) is 6.07 Å². The van der Waals surface area contributed by atoms with E-state index in [1.54, 1.807) is 0 Å². The lowest BCUT2D eigenvalue weighted by molar-refractivity contribution is 0.282. The van der Waals surface area contributed by atoms with Gasteiger partial charge in [-0.3, -0.25) is 0 Å². The Hall–Kier alpha value is -1.13. The molecule has 0 unspecified atom stereocenters. The molecule has 20 heavy (non-hydrogen) atoms. The van der Waals surface area contributed by atoms with Crippen molar-refractivity contribution in [2.24, 2.45) is 0 Å². The molecule has 2 N–H and O–H groups in total. The molecule has 0 atom stereocenters. The number of aliphatic hydroxyl groups excluding tert-OH is 1. The predicted octanol–water partition coefficient (Wildman–Crippen LogP) is 2.32. The fraction of sp³-hybridized carbons (Fsp3) is 0.688. The van der Waals surface area contributed by atoms with Crippen LogP contribution < -0.4 is 10.2 Å². The van der Waals surface area contributed by atoms with Crippen LogP contribution >= 0.6 is 0 Å². The van der Waals surface area contributed by atoms with Crippen LogP contribution in [0.2, 0.25) is 0 Å². The zero-order valence-corrected chi connectivity index (χ0v) is 12.9. The third kappa shape index (κ3) is 3.93. The number of hydrogen-bond acceptors (Lipinski definition) is 4. The third-order valence-electron chi connectivity index (χ3n) is 3.81. The summed E-state index contributed by atoms with van der Waals surface area (Å²) >= 11 is 0. The summed E-state index contributed by atoms with van der Waals surface area (Å²) in [6, 6.07) is 4.66. The molecule has 1 aliphatic rings. The van der Waals surface area contributed by atoms with E-state index in [1.165, 1.54) is 24.8 Å². The van der Waals surface area contributed by atoms with Gasteiger partial charge in [0, 0.05) is 36.4 Å². The molecule has 4 heteroatoms. The molecule has 112 valence electrons.